The van der Waals surface area contributed by atoms with Gasteiger partial charge in [-0.05, 0) is 56.7 Å². The van der Waals surface area contributed by atoms with Gasteiger partial charge in [0, 0.05) is 28.7 Å². The molecule has 3 rings (SSSR count). The van der Waals surface area contributed by atoms with Gasteiger partial charge >= 0.3 is 0 Å². The van der Waals surface area contributed by atoms with Crippen molar-refractivity contribution in [3.05, 3.63) is 102 Å². The van der Waals surface area contributed by atoms with Crippen LogP contribution in [0.5, 0.6) is 0 Å². The van der Waals surface area contributed by atoms with Gasteiger partial charge in [0.1, 0.15) is 0 Å². The van der Waals surface area contributed by atoms with E-state index in [2.05, 4.69) is 25.9 Å². The Labute approximate surface area is 204 Å². The van der Waals surface area contributed by atoms with Crippen LogP contribution in [0, 0.1) is 6.92 Å². The zero-order valence-corrected chi connectivity index (χ0v) is 19.9. The molecule has 1 aromatic heterocycles. The number of nitrogens with two attached hydrogens (primary N) is 1. The van der Waals surface area contributed by atoms with Gasteiger partial charge in [-0.25, -0.2) is 9.97 Å². The van der Waals surface area contributed by atoms with Crippen molar-refractivity contribution in [2.75, 3.05) is 21.7 Å². The molecule has 0 aliphatic heterocycles. The molecule has 0 aliphatic rings. The largest absolute Gasteiger partial charge is 0.399 e. The van der Waals surface area contributed by atoms with Crippen LogP contribution >= 0.6 is 0 Å². The van der Waals surface area contributed by atoms with Gasteiger partial charge in [0.25, 0.3) is 5.91 Å². The second-order valence-electron chi connectivity index (χ2n) is 7.79. The maximum atomic E-state index is 12.9. The highest BCUT2D eigenvalue weighted by Gasteiger charge is 2.12. The number of aromatic nitrogens is 2. The van der Waals surface area contributed by atoms with E-state index in [1.807, 2.05) is 51.1 Å². The molecular weight excluding hydrogens is 440 g/mol. The number of nitrogens with one attached hydrogen (secondary N) is 3. The second-order valence-corrected chi connectivity index (χ2v) is 7.79. The van der Waals surface area contributed by atoms with E-state index in [0.717, 1.165) is 16.8 Å². The number of amides is 2. The molecule has 8 heteroatoms. The molecule has 0 unspecified atom stereocenters. The molecule has 2 aromatic carbocycles. The van der Waals surface area contributed by atoms with Gasteiger partial charge < -0.3 is 21.7 Å². The van der Waals surface area contributed by atoms with E-state index in [4.69, 9.17) is 5.73 Å². The second kappa shape index (κ2) is 11.9. The Kier molecular flexibility index (Phi) is 8.50. The number of benzene rings is 2. The summed E-state index contributed by atoms with van der Waals surface area (Å²) in [6.07, 6.45) is 11.9. The number of nitrogens with zero attached hydrogens (tertiary/aromatic N) is 2. The van der Waals surface area contributed by atoms with Gasteiger partial charge in [0.2, 0.25) is 11.9 Å². The number of hydrogen-bond donors (Lipinski definition) is 4. The first-order chi connectivity index (χ1) is 16.8. The van der Waals surface area contributed by atoms with Gasteiger partial charge in [-0.15, -0.1) is 0 Å². The number of allylic oxidation sites excluding steroid dienone is 5. The molecule has 178 valence electrons. The van der Waals surface area contributed by atoms with Crippen molar-refractivity contribution in [3.8, 4) is 0 Å². The molecule has 0 aliphatic carbocycles. The number of carbonyl (C=O) groups is 2. The summed E-state index contributed by atoms with van der Waals surface area (Å²) in [6.45, 7) is 5.65. The third kappa shape index (κ3) is 7.68. The fourth-order valence-corrected chi connectivity index (χ4v) is 3.04. The Morgan fingerprint density at radius 2 is 1.71 bits per heavy atom. The lowest BCUT2D eigenvalue weighted by Gasteiger charge is -2.11. The molecule has 8 nitrogen and oxygen atoms in total. The quantitative estimate of drug-likeness (QED) is 0.200. The summed E-state index contributed by atoms with van der Waals surface area (Å²) in [7, 11) is 0. The lowest BCUT2D eigenvalue weighted by molar-refractivity contribution is -0.111. The first-order valence-electron chi connectivity index (χ1n) is 11.0. The summed E-state index contributed by atoms with van der Waals surface area (Å²) in [5, 5.41) is 8.62. The third-order valence-corrected chi connectivity index (χ3v) is 4.85. The molecule has 1 heterocycles. The monoisotopic (exact) mass is 468 g/mol. The van der Waals surface area contributed by atoms with E-state index >= 15 is 0 Å². The van der Waals surface area contributed by atoms with Crippen molar-refractivity contribution in [2.24, 2.45) is 0 Å². The Morgan fingerprint density at radius 3 is 2.43 bits per heavy atom. The zero-order chi connectivity index (χ0) is 25.2. The SMILES string of the molecule is CC=CC=C(C)C=CC(=O)Nc1ccc(C)c(C(=O)Nc2cnc(Nc3cccc(N)c3)nc2)c1. The van der Waals surface area contributed by atoms with Crippen LogP contribution in [0.15, 0.2) is 90.8 Å². The minimum atomic E-state index is -0.334. The smallest absolute Gasteiger partial charge is 0.256 e. The molecule has 0 bridgehead atoms. The number of hydrogen-bond acceptors (Lipinski definition) is 6. The first kappa shape index (κ1) is 24.9. The predicted octanol–water partition coefficient (Wildman–Crippen LogP) is 5.38. The predicted molar refractivity (Wildman–Crippen MR) is 142 cm³/mol. The average molecular weight is 469 g/mol. The van der Waals surface area contributed by atoms with Crippen LogP contribution in [0.25, 0.3) is 0 Å². The van der Waals surface area contributed by atoms with Crippen molar-refractivity contribution < 1.29 is 9.59 Å². The Morgan fingerprint density at radius 1 is 0.943 bits per heavy atom. The van der Waals surface area contributed by atoms with Crippen molar-refractivity contribution in [1.29, 1.82) is 0 Å². The minimum absolute atomic E-state index is 0.287. The number of nitrogen functional groups attached to an aromatic ring is 1. The van der Waals surface area contributed by atoms with Gasteiger partial charge in [-0.2, -0.15) is 0 Å². The Bertz CT molecular complexity index is 1290. The topological polar surface area (TPSA) is 122 Å². The number of anilines is 5. The summed E-state index contributed by atoms with van der Waals surface area (Å²) in [5.74, 6) is -0.247. The average Bonchev–Trinajstić information content (AvgIpc) is 2.84. The zero-order valence-electron chi connectivity index (χ0n) is 19.9. The van der Waals surface area contributed by atoms with Crippen LogP contribution in [-0.4, -0.2) is 21.8 Å². The number of aryl methyl sites for hydroxylation is 1. The van der Waals surface area contributed by atoms with E-state index in [1.165, 1.54) is 18.5 Å². The number of carbonyl (C=O) groups excluding carboxylic acids is 2. The fraction of sp³-hybridized carbons (Fsp3) is 0.111. The highest BCUT2D eigenvalue weighted by Crippen LogP contribution is 2.19. The normalized spacial score (nSPS) is 11.6. The molecule has 2 amide bonds. The van der Waals surface area contributed by atoms with Crippen molar-refractivity contribution in [3.63, 3.8) is 0 Å². The van der Waals surface area contributed by atoms with E-state index in [-0.39, 0.29) is 11.8 Å². The molecule has 3 aromatic rings. The van der Waals surface area contributed by atoms with Gasteiger partial charge in [-0.1, -0.05) is 42.0 Å². The summed E-state index contributed by atoms with van der Waals surface area (Å²) in [5.41, 5.74) is 10.3. The Hall–Kier alpha value is -4.72. The lowest BCUT2D eigenvalue weighted by atomic mass is 10.1. The maximum Gasteiger partial charge on any atom is 0.256 e. The van der Waals surface area contributed by atoms with E-state index < -0.39 is 0 Å². The van der Waals surface area contributed by atoms with Crippen LogP contribution in [0.2, 0.25) is 0 Å². The molecule has 0 fully saturated rings. The van der Waals surface area contributed by atoms with E-state index in [9.17, 15) is 9.59 Å². The highest BCUT2D eigenvalue weighted by molar-refractivity contribution is 6.07. The Balaban J connectivity index is 1.64. The maximum absolute atomic E-state index is 12.9. The molecule has 0 spiro atoms. The summed E-state index contributed by atoms with van der Waals surface area (Å²) < 4.78 is 0. The van der Waals surface area contributed by atoms with Crippen LogP contribution in [0.4, 0.5) is 28.7 Å². The van der Waals surface area contributed by atoms with Crippen molar-refractivity contribution in [1.82, 2.24) is 9.97 Å². The van der Waals surface area contributed by atoms with Crippen molar-refractivity contribution >= 4 is 40.5 Å². The van der Waals surface area contributed by atoms with E-state index in [1.54, 1.807) is 36.4 Å². The molecule has 0 radical (unpaired) electrons. The van der Waals surface area contributed by atoms with Crippen molar-refractivity contribution in [2.45, 2.75) is 20.8 Å². The molecule has 5 N–H and O–H groups in total. The molecule has 0 saturated carbocycles. The van der Waals surface area contributed by atoms with Gasteiger partial charge in [-0.3, -0.25) is 9.59 Å². The first-order valence-corrected chi connectivity index (χ1v) is 11.0. The molecular formula is C27H28N6O2. The molecule has 0 saturated heterocycles. The fourth-order valence-electron chi connectivity index (χ4n) is 3.04. The standard InChI is InChI=1S/C27H28N6O2/c1-4-5-7-18(2)10-13-25(34)31-22-12-11-19(3)24(15-22)26(35)32-23-16-29-27(30-17-23)33-21-9-6-8-20(28)14-21/h4-17H,28H2,1-3H3,(H,31,34)(H,32,35)(H,29,30,33). The van der Waals surface area contributed by atoms with Crippen LogP contribution in [0.1, 0.15) is 29.8 Å². The molecule has 0 atom stereocenters. The summed E-state index contributed by atoms with van der Waals surface area (Å²) >= 11 is 0. The van der Waals surface area contributed by atoms with E-state index in [0.29, 0.717) is 28.6 Å². The number of rotatable bonds is 8. The summed E-state index contributed by atoms with van der Waals surface area (Å²) in [4.78, 5) is 33.6. The van der Waals surface area contributed by atoms with Crippen LogP contribution in [0.3, 0.4) is 0 Å². The minimum Gasteiger partial charge on any atom is -0.399 e. The lowest BCUT2D eigenvalue weighted by Crippen LogP contribution is -2.15. The van der Waals surface area contributed by atoms with Gasteiger partial charge in [0.05, 0.1) is 18.1 Å². The van der Waals surface area contributed by atoms with Crippen LogP contribution in [-0.2, 0) is 4.79 Å². The highest BCUT2D eigenvalue weighted by atomic mass is 16.2. The van der Waals surface area contributed by atoms with Gasteiger partial charge in [0.15, 0.2) is 0 Å². The summed E-state index contributed by atoms with van der Waals surface area (Å²) in [6, 6.07) is 12.4. The molecule has 35 heavy (non-hydrogen) atoms. The van der Waals surface area contributed by atoms with Crippen LogP contribution < -0.4 is 21.7 Å². The third-order valence-electron chi connectivity index (χ3n) is 4.85.